The predicted octanol–water partition coefficient (Wildman–Crippen LogP) is 3.52. The molecule has 0 N–H and O–H groups in total. The SMILES string of the molecule is COc1ccc(Br)c(CC(=O)CC(F)(F)F)c1. The van der Waals surface area contributed by atoms with Gasteiger partial charge >= 0.3 is 6.18 Å². The molecule has 6 heteroatoms. The third-order valence-corrected chi connectivity index (χ3v) is 2.81. The summed E-state index contributed by atoms with van der Waals surface area (Å²) in [6.45, 7) is 0. The van der Waals surface area contributed by atoms with Crippen molar-refractivity contribution in [2.45, 2.75) is 19.0 Å². The number of ether oxygens (including phenoxy) is 1. The number of ketones is 1. The Balaban J connectivity index is 2.77. The second-order valence-electron chi connectivity index (χ2n) is 3.46. The standard InChI is InChI=1S/C11H10BrF3O2/c1-17-9-2-3-10(12)7(5-9)4-8(16)6-11(13,14)15/h2-3,5H,4,6H2,1H3. The molecule has 0 bridgehead atoms. The minimum absolute atomic E-state index is 0.267. The maximum absolute atomic E-state index is 12.0. The maximum Gasteiger partial charge on any atom is 0.395 e. The van der Waals surface area contributed by atoms with Gasteiger partial charge in [0.05, 0.1) is 7.11 Å². The van der Waals surface area contributed by atoms with Crippen molar-refractivity contribution >= 4 is 21.7 Å². The normalized spacial score (nSPS) is 11.4. The van der Waals surface area contributed by atoms with E-state index in [-0.39, 0.29) is 6.42 Å². The van der Waals surface area contributed by atoms with E-state index < -0.39 is 18.4 Å². The molecule has 1 aromatic rings. The summed E-state index contributed by atoms with van der Waals surface area (Å²) in [5, 5.41) is 0. The fraction of sp³-hybridized carbons (Fsp3) is 0.364. The zero-order chi connectivity index (χ0) is 13.1. The molecular weight excluding hydrogens is 301 g/mol. The van der Waals surface area contributed by atoms with Gasteiger partial charge in [0.25, 0.3) is 0 Å². The van der Waals surface area contributed by atoms with Crippen LogP contribution in [-0.4, -0.2) is 19.1 Å². The van der Waals surface area contributed by atoms with Crippen LogP contribution in [0.2, 0.25) is 0 Å². The minimum Gasteiger partial charge on any atom is -0.497 e. The lowest BCUT2D eigenvalue weighted by Gasteiger charge is -2.08. The molecule has 0 atom stereocenters. The Kier molecular flexibility index (Phi) is 4.56. The first-order chi connectivity index (χ1) is 7.81. The van der Waals surface area contributed by atoms with Gasteiger partial charge in [0, 0.05) is 10.9 Å². The average Bonchev–Trinajstić information content (AvgIpc) is 2.18. The number of Topliss-reactive ketones (excluding diaryl/α,β-unsaturated/α-hetero) is 1. The van der Waals surface area contributed by atoms with Crippen molar-refractivity contribution in [2.24, 2.45) is 0 Å². The molecule has 0 aromatic heterocycles. The molecule has 0 unspecified atom stereocenters. The fourth-order valence-corrected chi connectivity index (χ4v) is 1.70. The van der Waals surface area contributed by atoms with E-state index in [1.165, 1.54) is 7.11 Å². The summed E-state index contributed by atoms with van der Waals surface area (Å²) in [6.07, 6.45) is -6.13. The summed E-state index contributed by atoms with van der Waals surface area (Å²) in [5.41, 5.74) is 0.485. The molecule has 1 aromatic carbocycles. The van der Waals surface area contributed by atoms with Crippen LogP contribution in [0.25, 0.3) is 0 Å². The Bertz CT molecular complexity index is 416. The molecule has 0 saturated carbocycles. The predicted molar refractivity (Wildman–Crippen MR) is 60.1 cm³/mol. The highest BCUT2D eigenvalue weighted by atomic mass is 79.9. The van der Waals surface area contributed by atoms with E-state index in [0.29, 0.717) is 15.8 Å². The van der Waals surface area contributed by atoms with Crippen LogP contribution in [0.15, 0.2) is 22.7 Å². The van der Waals surface area contributed by atoms with Crippen LogP contribution in [0, 0.1) is 0 Å². The van der Waals surface area contributed by atoms with Crippen molar-refractivity contribution in [3.05, 3.63) is 28.2 Å². The molecule has 1 rings (SSSR count). The van der Waals surface area contributed by atoms with Gasteiger partial charge in [-0.2, -0.15) is 13.2 Å². The smallest absolute Gasteiger partial charge is 0.395 e. The highest BCUT2D eigenvalue weighted by molar-refractivity contribution is 9.10. The first-order valence-electron chi connectivity index (χ1n) is 4.72. The zero-order valence-corrected chi connectivity index (χ0v) is 10.6. The molecule has 17 heavy (non-hydrogen) atoms. The van der Waals surface area contributed by atoms with Crippen LogP contribution < -0.4 is 4.74 Å². The lowest BCUT2D eigenvalue weighted by atomic mass is 10.1. The van der Waals surface area contributed by atoms with Crippen LogP contribution >= 0.6 is 15.9 Å². The van der Waals surface area contributed by atoms with E-state index in [2.05, 4.69) is 15.9 Å². The second kappa shape index (κ2) is 5.53. The molecule has 0 spiro atoms. The number of rotatable bonds is 4. The number of carbonyl (C=O) groups excluding carboxylic acids is 1. The van der Waals surface area contributed by atoms with Gasteiger partial charge in [0.1, 0.15) is 18.0 Å². The van der Waals surface area contributed by atoms with Crippen molar-refractivity contribution < 1.29 is 22.7 Å². The number of hydrogen-bond acceptors (Lipinski definition) is 2. The van der Waals surface area contributed by atoms with Gasteiger partial charge in [-0.3, -0.25) is 4.79 Å². The van der Waals surface area contributed by atoms with Crippen LogP contribution in [0.1, 0.15) is 12.0 Å². The number of hydrogen-bond donors (Lipinski definition) is 0. The molecule has 0 amide bonds. The summed E-state index contributed by atoms with van der Waals surface area (Å²) < 4.78 is 41.5. The third-order valence-electron chi connectivity index (χ3n) is 2.04. The van der Waals surface area contributed by atoms with Gasteiger partial charge in [0.2, 0.25) is 0 Å². The monoisotopic (exact) mass is 310 g/mol. The summed E-state index contributed by atoms with van der Waals surface area (Å²) in [7, 11) is 1.45. The fourth-order valence-electron chi connectivity index (χ4n) is 1.31. The Hall–Kier alpha value is -1.04. The molecule has 0 saturated heterocycles. The largest absolute Gasteiger partial charge is 0.497 e. The van der Waals surface area contributed by atoms with Crippen LogP contribution in [-0.2, 0) is 11.2 Å². The Morgan fingerprint density at radius 3 is 2.59 bits per heavy atom. The third kappa shape index (κ3) is 4.77. The highest BCUT2D eigenvalue weighted by Gasteiger charge is 2.31. The van der Waals surface area contributed by atoms with E-state index in [4.69, 9.17) is 4.74 Å². The lowest BCUT2D eigenvalue weighted by molar-refractivity contribution is -0.151. The highest BCUT2D eigenvalue weighted by Crippen LogP contribution is 2.25. The Morgan fingerprint density at radius 1 is 1.41 bits per heavy atom. The first kappa shape index (κ1) is 14.0. The molecule has 94 valence electrons. The van der Waals surface area contributed by atoms with Crippen LogP contribution in [0.5, 0.6) is 5.75 Å². The first-order valence-corrected chi connectivity index (χ1v) is 5.52. The van der Waals surface area contributed by atoms with Gasteiger partial charge in [-0.1, -0.05) is 15.9 Å². The number of alkyl halides is 3. The van der Waals surface area contributed by atoms with Gasteiger partial charge in [-0.05, 0) is 23.8 Å². The van der Waals surface area contributed by atoms with Gasteiger partial charge in [0.15, 0.2) is 0 Å². The van der Waals surface area contributed by atoms with E-state index in [0.717, 1.165) is 0 Å². The average molecular weight is 311 g/mol. The van der Waals surface area contributed by atoms with Crippen molar-refractivity contribution in [3.63, 3.8) is 0 Å². The second-order valence-corrected chi connectivity index (χ2v) is 4.32. The molecular formula is C11H10BrF3O2. The lowest BCUT2D eigenvalue weighted by Crippen LogP contribution is -2.16. The van der Waals surface area contributed by atoms with E-state index in [1.54, 1.807) is 18.2 Å². The summed E-state index contributed by atoms with van der Waals surface area (Å²) >= 11 is 3.18. The van der Waals surface area contributed by atoms with E-state index in [1.807, 2.05) is 0 Å². The number of methoxy groups -OCH3 is 1. The molecule has 0 radical (unpaired) electrons. The molecule has 0 aliphatic rings. The van der Waals surface area contributed by atoms with Gasteiger partial charge < -0.3 is 4.74 Å². The quantitative estimate of drug-likeness (QED) is 0.850. The maximum atomic E-state index is 12.0. The van der Waals surface area contributed by atoms with Crippen LogP contribution in [0.3, 0.4) is 0 Å². The van der Waals surface area contributed by atoms with E-state index in [9.17, 15) is 18.0 Å². The van der Waals surface area contributed by atoms with Crippen molar-refractivity contribution in [2.75, 3.05) is 7.11 Å². The van der Waals surface area contributed by atoms with Crippen LogP contribution in [0.4, 0.5) is 13.2 Å². The van der Waals surface area contributed by atoms with Gasteiger partial charge in [-0.15, -0.1) is 0 Å². The molecule has 0 aliphatic heterocycles. The Morgan fingerprint density at radius 2 is 2.06 bits per heavy atom. The summed E-state index contributed by atoms with van der Waals surface area (Å²) in [6, 6.07) is 4.83. The zero-order valence-electron chi connectivity index (χ0n) is 8.97. The summed E-state index contributed by atoms with van der Waals surface area (Å²) in [4.78, 5) is 11.2. The van der Waals surface area contributed by atoms with Gasteiger partial charge in [-0.25, -0.2) is 0 Å². The Labute approximate surface area is 105 Å². The molecule has 0 heterocycles. The van der Waals surface area contributed by atoms with Crippen molar-refractivity contribution in [1.29, 1.82) is 0 Å². The number of carbonyl (C=O) groups is 1. The molecule has 0 aliphatic carbocycles. The summed E-state index contributed by atoms with van der Waals surface area (Å²) in [5.74, 6) is -0.366. The molecule has 0 fully saturated rings. The van der Waals surface area contributed by atoms with Crippen molar-refractivity contribution in [3.8, 4) is 5.75 Å². The van der Waals surface area contributed by atoms with E-state index >= 15 is 0 Å². The molecule has 2 nitrogen and oxygen atoms in total. The topological polar surface area (TPSA) is 26.3 Å². The number of benzene rings is 1. The minimum atomic E-state index is -4.46. The number of halogens is 4. The van der Waals surface area contributed by atoms with Crippen molar-refractivity contribution in [1.82, 2.24) is 0 Å².